The van der Waals surface area contributed by atoms with Gasteiger partial charge in [0.05, 0.1) is 11.6 Å². The number of hydrogen-bond donors (Lipinski definition) is 2. The first-order valence-corrected chi connectivity index (χ1v) is 7.16. The lowest BCUT2D eigenvalue weighted by Crippen LogP contribution is -2.58. The lowest BCUT2D eigenvalue weighted by Gasteiger charge is -2.32. The highest BCUT2D eigenvalue weighted by Gasteiger charge is 2.36. The Kier molecular flexibility index (Phi) is 5.31. The number of nitrogens with two attached hydrogens (primary N) is 1. The van der Waals surface area contributed by atoms with Crippen molar-refractivity contribution in [2.45, 2.75) is 31.3 Å². The fourth-order valence-electron chi connectivity index (χ4n) is 2.18. The molecule has 1 amide bonds. The van der Waals surface area contributed by atoms with Crippen molar-refractivity contribution in [2.24, 2.45) is 5.73 Å². The molecule has 1 saturated heterocycles. The minimum atomic E-state index is -0.937. The van der Waals surface area contributed by atoms with E-state index in [1.54, 1.807) is 6.92 Å². The van der Waals surface area contributed by atoms with Crippen molar-refractivity contribution in [2.75, 3.05) is 19.8 Å². The van der Waals surface area contributed by atoms with E-state index in [-0.39, 0.29) is 24.3 Å². The molecular weight excluding hydrogens is 294 g/mol. The molecule has 1 aromatic rings. The maximum Gasteiger partial charge on any atom is 0.240 e. The second-order valence-electron chi connectivity index (χ2n) is 5.53. The lowest BCUT2D eigenvalue weighted by molar-refractivity contribution is -0.130. The van der Waals surface area contributed by atoms with Crippen molar-refractivity contribution in [3.8, 4) is 5.75 Å². The number of halogens is 2. The Bertz CT molecular complexity index is 534. The second-order valence-corrected chi connectivity index (χ2v) is 5.53. The molecule has 0 aliphatic carbocycles. The van der Waals surface area contributed by atoms with E-state index in [1.807, 2.05) is 0 Å². The van der Waals surface area contributed by atoms with E-state index in [2.05, 4.69) is 5.32 Å². The van der Waals surface area contributed by atoms with Crippen molar-refractivity contribution in [1.82, 2.24) is 5.32 Å². The Morgan fingerprint density at radius 1 is 1.45 bits per heavy atom. The van der Waals surface area contributed by atoms with Crippen LogP contribution in [-0.2, 0) is 9.53 Å². The summed E-state index contributed by atoms with van der Waals surface area (Å²) in [7, 11) is 0. The Morgan fingerprint density at radius 2 is 2.14 bits per heavy atom. The Labute approximate surface area is 127 Å². The van der Waals surface area contributed by atoms with Gasteiger partial charge < -0.3 is 20.5 Å². The molecule has 122 valence electrons. The zero-order valence-electron chi connectivity index (χ0n) is 12.4. The summed E-state index contributed by atoms with van der Waals surface area (Å²) in [5.41, 5.74) is 5.13. The molecule has 5 nitrogen and oxygen atoms in total. The molecule has 1 aliphatic heterocycles. The van der Waals surface area contributed by atoms with Crippen molar-refractivity contribution in [1.29, 1.82) is 0 Å². The van der Waals surface area contributed by atoms with Gasteiger partial charge in [0.15, 0.2) is 11.6 Å². The van der Waals surface area contributed by atoms with Gasteiger partial charge in [-0.1, -0.05) is 0 Å². The SMILES string of the molecule is CC(COc1ccc(F)cc1F)NC(=O)C1(N)CCOCC1. The average Bonchev–Trinajstić information content (AvgIpc) is 2.47. The molecule has 0 spiro atoms. The third-order valence-corrected chi connectivity index (χ3v) is 3.60. The molecule has 22 heavy (non-hydrogen) atoms. The third-order valence-electron chi connectivity index (χ3n) is 3.60. The number of rotatable bonds is 5. The highest BCUT2D eigenvalue weighted by atomic mass is 19.1. The monoisotopic (exact) mass is 314 g/mol. The number of carbonyl (C=O) groups is 1. The van der Waals surface area contributed by atoms with Crippen LogP contribution in [-0.4, -0.2) is 37.3 Å². The summed E-state index contributed by atoms with van der Waals surface area (Å²) in [4.78, 5) is 12.2. The third kappa shape index (κ3) is 4.14. The first-order valence-electron chi connectivity index (χ1n) is 7.16. The average molecular weight is 314 g/mol. The molecule has 1 aliphatic rings. The van der Waals surface area contributed by atoms with Gasteiger partial charge in [-0.25, -0.2) is 8.78 Å². The molecule has 0 radical (unpaired) electrons. The minimum absolute atomic E-state index is 0.0564. The van der Waals surface area contributed by atoms with E-state index < -0.39 is 17.2 Å². The van der Waals surface area contributed by atoms with Crippen molar-refractivity contribution >= 4 is 5.91 Å². The van der Waals surface area contributed by atoms with Gasteiger partial charge in [0, 0.05) is 19.3 Å². The molecule has 1 atom stereocenters. The molecule has 7 heteroatoms. The van der Waals surface area contributed by atoms with Gasteiger partial charge in [-0.05, 0) is 31.9 Å². The summed E-state index contributed by atoms with van der Waals surface area (Å²) in [6.07, 6.45) is 0.915. The van der Waals surface area contributed by atoms with Crippen molar-refractivity contribution in [3.63, 3.8) is 0 Å². The lowest BCUT2D eigenvalue weighted by atomic mass is 9.90. The summed E-state index contributed by atoms with van der Waals surface area (Å²) < 4.78 is 36.7. The number of hydrogen-bond acceptors (Lipinski definition) is 4. The highest BCUT2D eigenvalue weighted by Crippen LogP contribution is 2.19. The number of carbonyl (C=O) groups excluding carboxylic acids is 1. The fraction of sp³-hybridized carbons (Fsp3) is 0.533. The normalized spacial score (nSPS) is 18.5. The quantitative estimate of drug-likeness (QED) is 0.860. The summed E-state index contributed by atoms with van der Waals surface area (Å²) in [6, 6.07) is 2.70. The number of benzene rings is 1. The first-order chi connectivity index (χ1) is 10.4. The smallest absolute Gasteiger partial charge is 0.240 e. The van der Waals surface area contributed by atoms with E-state index in [0.717, 1.165) is 12.1 Å². The van der Waals surface area contributed by atoms with Crippen LogP contribution in [0.5, 0.6) is 5.75 Å². The topological polar surface area (TPSA) is 73.6 Å². The van der Waals surface area contributed by atoms with Crippen molar-refractivity contribution in [3.05, 3.63) is 29.8 Å². The summed E-state index contributed by atoms with van der Waals surface area (Å²) in [6.45, 7) is 2.69. The van der Waals surface area contributed by atoms with Gasteiger partial charge in [0.25, 0.3) is 0 Å². The summed E-state index contributed by atoms with van der Waals surface area (Å²) in [5.74, 6) is -1.78. The fourth-order valence-corrected chi connectivity index (χ4v) is 2.18. The molecule has 1 aromatic carbocycles. The Morgan fingerprint density at radius 3 is 2.77 bits per heavy atom. The van der Waals surface area contributed by atoms with Crippen LogP contribution in [0.1, 0.15) is 19.8 Å². The van der Waals surface area contributed by atoms with Crippen LogP contribution in [0.25, 0.3) is 0 Å². The standard InChI is InChI=1S/C15H20F2N2O3/c1-10(9-22-13-3-2-11(16)8-12(13)17)19-14(20)15(18)4-6-21-7-5-15/h2-3,8,10H,4-7,9,18H2,1H3,(H,19,20). The predicted molar refractivity (Wildman–Crippen MR) is 76.4 cm³/mol. The maximum absolute atomic E-state index is 13.4. The molecule has 1 fully saturated rings. The molecule has 1 heterocycles. The molecule has 0 saturated carbocycles. The van der Waals surface area contributed by atoms with Crippen LogP contribution in [0.3, 0.4) is 0 Å². The van der Waals surface area contributed by atoms with Crippen molar-refractivity contribution < 1.29 is 23.0 Å². The summed E-state index contributed by atoms with van der Waals surface area (Å²) in [5, 5.41) is 2.75. The maximum atomic E-state index is 13.4. The number of nitrogens with one attached hydrogen (secondary N) is 1. The van der Waals surface area contributed by atoms with E-state index in [9.17, 15) is 13.6 Å². The van der Waals surface area contributed by atoms with Crippen LogP contribution in [0.15, 0.2) is 18.2 Å². The molecule has 2 rings (SSSR count). The zero-order valence-corrected chi connectivity index (χ0v) is 12.4. The van der Waals surface area contributed by atoms with Gasteiger partial charge in [0.1, 0.15) is 12.4 Å². The van der Waals surface area contributed by atoms with E-state index in [1.165, 1.54) is 6.07 Å². The van der Waals surface area contributed by atoms with E-state index in [0.29, 0.717) is 26.1 Å². The van der Waals surface area contributed by atoms with Gasteiger partial charge in [-0.3, -0.25) is 4.79 Å². The van der Waals surface area contributed by atoms with Crippen LogP contribution in [0, 0.1) is 11.6 Å². The molecule has 3 N–H and O–H groups in total. The molecular formula is C15H20F2N2O3. The zero-order chi connectivity index (χ0) is 16.2. The van der Waals surface area contributed by atoms with Gasteiger partial charge >= 0.3 is 0 Å². The van der Waals surface area contributed by atoms with Crippen LogP contribution < -0.4 is 15.8 Å². The first kappa shape index (κ1) is 16.6. The Hall–Kier alpha value is -1.73. The number of amides is 1. The van der Waals surface area contributed by atoms with Crippen LogP contribution >= 0.6 is 0 Å². The van der Waals surface area contributed by atoms with E-state index in [4.69, 9.17) is 15.2 Å². The predicted octanol–water partition coefficient (Wildman–Crippen LogP) is 1.36. The van der Waals surface area contributed by atoms with Gasteiger partial charge in [-0.2, -0.15) is 0 Å². The largest absolute Gasteiger partial charge is 0.488 e. The molecule has 0 aromatic heterocycles. The highest BCUT2D eigenvalue weighted by molar-refractivity contribution is 5.86. The Balaban J connectivity index is 1.84. The molecule has 1 unspecified atom stereocenters. The van der Waals surface area contributed by atoms with E-state index >= 15 is 0 Å². The second kappa shape index (κ2) is 7.02. The van der Waals surface area contributed by atoms with Crippen LogP contribution in [0.4, 0.5) is 8.78 Å². The molecule has 0 bridgehead atoms. The minimum Gasteiger partial charge on any atom is -0.488 e. The summed E-state index contributed by atoms with van der Waals surface area (Å²) >= 11 is 0. The van der Waals surface area contributed by atoms with Gasteiger partial charge in [0.2, 0.25) is 5.91 Å². The van der Waals surface area contributed by atoms with Crippen LogP contribution in [0.2, 0.25) is 0 Å². The number of ether oxygens (including phenoxy) is 2. The van der Waals surface area contributed by atoms with Gasteiger partial charge in [-0.15, -0.1) is 0 Å².